The number of rotatable bonds is 7. The molecule has 1 aromatic carbocycles. The van der Waals surface area contributed by atoms with Crippen molar-refractivity contribution in [3.8, 4) is 0 Å². The Morgan fingerprint density at radius 2 is 2.05 bits per heavy atom. The predicted octanol–water partition coefficient (Wildman–Crippen LogP) is 2.07. The van der Waals surface area contributed by atoms with Gasteiger partial charge in [-0.2, -0.15) is 0 Å². The molecule has 104 valence electrons. The molecule has 1 aromatic rings. The largest absolute Gasteiger partial charge is 0.481 e. The van der Waals surface area contributed by atoms with Gasteiger partial charge in [0, 0.05) is 5.69 Å². The Labute approximate surface area is 112 Å². The Balaban J connectivity index is 2.61. The van der Waals surface area contributed by atoms with Crippen molar-refractivity contribution in [3.05, 3.63) is 29.8 Å². The molecular formula is C14H19NO4. The molecule has 19 heavy (non-hydrogen) atoms. The summed E-state index contributed by atoms with van der Waals surface area (Å²) in [6.07, 6.45) is 0.742. The highest BCUT2D eigenvalue weighted by molar-refractivity contribution is 5.93. The molecule has 1 atom stereocenters. The van der Waals surface area contributed by atoms with Crippen LogP contribution in [0.1, 0.15) is 25.8 Å². The fourth-order valence-corrected chi connectivity index (χ4v) is 1.48. The van der Waals surface area contributed by atoms with Crippen LogP contribution in [0.5, 0.6) is 0 Å². The summed E-state index contributed by atoms with van der Waals surface area (Å²) in [6, 6.07) is 6.85. The van der Waals surface area contributed by atoms with Gasteiger partial charge >= 0.3 is 5.97 Å². The summed E-state index contributed by atoms with van der Waals surface area (Å²) in [7, 11) is 0. The van der Waals surface area contributed by atoms with Gasteiger partial charge in [-0.25, -0.2) is 0 Å². The van der Waals surface area contributed by atoms with Crippen molar-refractivity contribution < 1.29 is 19.4 Å². The number of carboxylic acid groups (broad SMARTS) is 1. The van der Waals surface area contributed by atoms with Gasteiger partial charge in [0.05, 0.1) is 12.5 Å². The van der Waals surface area contributed by atoms with Crippen LogP contribution in [0, 0.1) is 0 Å². The summed E-state index contributed by atoms with van der Waals surface area (Å²) >= 11 is 0. The lowest BCUT2D eigenvalue weighted by molar-refractivity contribution is -0.136. The van der Waals surface area contributed by atoms with E-state index < -0.39 is 5.97 Å². The number of aliphatic carboxylic acids is 1. The average molecular weight is 265 g/mol. The van der Waals surface area contributed by atoms with Crippen molar-refractivity contribution in [2.75, 3.05) is 11.9 Å². The first-order valence-corrected chi connectivity index (χ1v) is 6.24. The molecule has 1 amide bonds. The Morgan fingerprint density at radius 3 is 2.68 bits per heavy atom. The van der Waals surface area contributed by atoms with Crippen LogP contribution in [0.15, 0.2) is 24.3 Å². The van der Waals surface area contributed by atoms with Crippen molar-refractivity contribution in [2.24, 2.45) is 0 Å². The van der Waals surface area contributed by atoms with Crippen LogP contribution in [-0.4, -0.2) is 29.7 Å². The average Bonchev–Trinajstić information content (AvgIpc) is 2.37. The van der Waals surface area contributed by atoms with Gasteiger partial charge in [0.1, 0.15) is 6.61 Å². The Morgan fingerprint density at radius 1 is 1.37 bits per heavy atom. The maximum absolute atomic E-state index is 11.7. The lowest BCUT2D eigenvalue weighted by atomic mass is 10.1. The molecule has 0 heterocycles. The molecule has 0 aliphatic heterocycles. The standard InChI is InChI=1S/C14H19NO4/c1-3-10(2)19-9-13(16)15-12-7-5-4-6-11(12)8-14(17)18/h4-7,10H,3,8-9H2,1-2H3,(H,15,16)(H,17,18). The van der Waals surface area contributed by atoms with Gasteiger partial charge in [-0.1, -0.05) is 25.1 Å². The van der Waals surface area contributed by atoms with Gasteiger partial charge in [-0.3, -0.25) is 9.59 Å². The second-order valence-corrected chi connectivity index (χ2v) is 4.31. The van der Waals surface area contributed by atoms with Crippen LogP contribution in [0.25, 0.3) is 0 Å². The van der Waals surface area contributed by atoms with Crippen molar-refractivity contribution in [2.45, 2.75) is 32.8 Å². The number of nitrogens with one attached hydrogen (secondary N) is 1. The summed E-state index contributed by atoms with van der Waals surface area (Å²) in [6.45, 7) is 3.84. The molecule has 0 aliphatic carbocycles. The van der Waals surface area contributed by atoms with E-state index >= 15 is 0 Å². The van der Waals surface area contributed by atoms with Crippen LogP contribution < -0.4 is 5.32 Å². The number of benzene rings is 1. The third kappa shape index (κ3) is 5.52. The molecule has 1 rings (SSSR count). The van der Waals surface area contributed by atoms with Gasteiger partial charge in [0.25, 0.3) is 0 Å². The topological polar surface area (TPSA) is 75.6 Å². The second kappa shape index (κ2) is 7.53. The van der Waals surface area contributed by atoms with Crippen LogP contribution in [0.2, 0.25) is 0 Å². The molecule has 0 aliphatic rings. The highest BCUT2D eigenvalue weighted by Crippen LogP contribution is 2.15. The quantitative estimate of drug-likeness (QED) is 0.791. The smallest absolute Gasteiger partial charge is 0.307 e. The SMILES string of the molecule is CCC(C)OCC(=O)Nc1ccccc1CC(=O)O. The number of para-hydroxylation sites is 1. The van der Waals surface area contributed by atoms with Gasteiger partial charge in [-0.05, 0) is 25.0 Å². The number of carbonyl (C=O) groups excluding carboxylic acids is 1. The molecule has 5 nitrogen and oxygen atoms in total. The first kappa shape index (κ1) is 15.2. The summed E-state index contributed by atoms with van der Waals surface area (Å²) in [5, 5.41) is 11.5. The zero-order chi connectivity index (χ0) is 14.3. The molecule has 0 aromatic heterocycles. The van der Waals surface area contributed by atoms with Crippen LogP contribution >= 0.6 is 0 Å². The van der Waals surface area contributed by atoms with Gasteiger partial charge in [0.15, 0.2) is 0 Å². The maximum Gasteiger partial charge on any atom is 0.307 e. The Kier molecular flexibility index (Phi) is 6.02. The maximum atomic E-state index is 11.7. The van der Waals surface area contributed by atoms with E-state index in [0.717, 1.165) is 6.42 Å². The van der Waals surface area contributed by atoms with Crippen molar-refractivity contribution in [3.63, 3.8) is 0 Å². The highest BCUT2D eigenvalue weighted by atomic mass is 16.5. The van der Waals surface area contributed by atoms with E-state index in [1.54, 1.807) is 24.3 Å². The van der Waals surface area contributed by atoms with Gasteiger partial charge in [0.2, 0.25) is 5.91 Å². The lowest BCUT2D eigenvalue weighted by Gasteiger charge is -2.12. The zero-order valence-corrected chi connectivity index (χ0v) is 11.2. The third-order valence-electron chi connectivity index (χ3n) is 2.71. The van der Waals surface area contributed by atoms with Gasteiger partial charge in [-0.15, -0.1) is 0 Å². The lowest BCUT2D eigenvalue weighted by Crippen LogP contribution is -2.22. The number of amides is 1. The van der Waals surface area contributed by atoms with Crippen LogP contribution in [0.4, 0.5) is 5.69 Å². The Hall–Kier alpha value is -1.88. The zero-order valence-electron chi connectivity index (χ0n) is 11.2. The van der Waals surface area contributed by atoms with Crippen LogP contribution in [-0.2, 0) is 20.7 Å². The molecular weight excluding hydrogens is 246 g/mol. The van der Waals surface area contributed by atoms with Crippen molar-refractivity contribution >= 4 is 17.6 Å². The van der Waals surface area contributed by atoms with E-state index in [2.05, 4.69) is 5.32 Å². The second-order valence-electron chi connectivity index (χ2n) is 4.31. The normalized spacial score (nSPS) is 11.9. The van der Waals surface area contributed by atoms with E-state index in [9.17, 15) is 9.59 Å². The summed E-state index contributed by atoms with van der Waals surface area (Å²) in [5.74, 6) is -1.21. The van der Waals surface area contributed by atoms with E-state index in [0.29, 0.717) is 11.3 Å². The third-order valence-corrected chi connectivity index (χ3v) is 2.71. The highest BCUT2D eigenvalue weighted by Gasteiger charge is 2.10. The molecule has 2 N–H and O–H groups in total. The number of anilines is 1. The van der Waals surface area contributed by atoms with Crippen molar-refractivity contribution in [1.29, 1.82) is 0 Å². The number of carboxylic acids is 1. The van der Waals surface area contributed by atoms with Crippen LogP contribution in [0.3, 0.4) is 0 Å². The number of carbonyl (C=O) groups is 2. The minimum Gasteiger partial charge on any atom is -0.481 e. The molecule has 1 unspecified atom stereocenters. The monoisotopic (exact) mass is 265 g/mol. The molecule has 0 radical (unpaired) electrons. The van der Waals surface area contributed by atoms with Gasteiger partial charge < -0.3 is 15.2 Å². The first-order chi connectivity index (χ1) is 9.02. The first-order valence-electron chi connectivity index (χ1n) is 6.24. The number of hydrogen-bond donors (Lipinski definition) is 2. The fraction of sp³-hybridized carbons (Fsp3) is 0.429. The minimum absolute atomic E-state index is 0.0278. The Bertz CT molecular complexity index is 445. The van der Waals surface area contributed by atoms with Crippen molar-refractivity contribution in [1.82, 2.24) is 0 Å². The molecule has 0 fully saturated rings. The van der Waals surface area contributed by atoms with E-state index in [4.69, 9.17) is 9.84 Å². The predicted molar refractivity (Wildman–Crippen MR) is 72.1 cm³/mol. The molecule has 0 bridgehead atoms. The summed E-state index contributed by atoms with van der Waals surface area (Å²) in [5.41, 5.74) is 1.09. The minimum atomic E-state index is -0.933. The summed E-state index contributed by atoms with van der Waals surface area (Å²) < 4.78 is 5.32. The molecule has 5 heteroatoms. The molecule has 0 saturated carbocycles. The molecule has 0 spiro atoms. The number of ether oxygens (including phenoxy) is 1. The summed E-state index contributed by atoms with van der Waals surface area (Å²) in [4.78, 5) is 22.4. The van der Waals surface area contributed by atoms with E-state index in [1.165, 1.54) is 0 Å². The molecule has 0 saturated heterocycles. The fourth-order valence-electron chi connectivity index (χ4n) is 1.48. The van der Waals surface area contributed by atoms with E-state index in [-0.39, 0.29) is 25.0 Å². The van der Waals surface area contributed by atoms with E-state index in [1.807, 2.05) is 13.8 Å². The number of hydrogen-bond acceptors (Lipinski definition) is 3.